The van der Waals surface area contributed by atoms with Gasteiger partial charge in [-0.05, 0) is 73.9 Å². The fraction of sp³-hybridized carbons (Fsp3) is 0.429. The van der Waals surface area contributed by atoms with Crippen LogP contribution in [0.3, 0.4) is 0 Å². The number of fused-ring (bicyclic) bond motifs is 1. The number of carbonyl (C=O) groups excluding carboxylic acids is 4. The molecule has 2 aromatic carbocycles. The van der Waals surface area contributed by atoms with Crippen LogP contribution < -0.4 is 10.6 Å². The first-order valence-electron chi connectivity index (χ1n) is 19.7. The van der Waals surface area contributed by atoms with Crippen LogP contribution in [0.5, 0.6) is 0 Å². The average Bonchev–Trinajstić information content (AvgIpc) is 4.06. The number of rotatable bonds is 11. The quantitative estimate of drug-likeness (QED) is 0.107. The monoisotopic (exact) mass is 814 g/mol. The van der Waals surface area contributed by atoms with E-state index in [1.807, 2.05) is 39.8 Å². The number of nitrogens with one attached hydrogen (secondary N) is 4. The van der Waals surface area contributed by atoms with Gasteiger partial charge in [-0.25, -0.2) is 28.3 Å². The van der Waals surface area contributed by atoms with Gasteiger partial charge in [0.15, 0.2) is 0 Å². The Morgan fingerprint density at radius 2 is 1.24 bits per heavy atom. The van der Waals surface area contributed by atoms with Crippen molar-refractivity contribution in [3.8, 4) is 33.8 Å². The third kappa shape index (κ3) is 8.23. The van der Waals surface area contributed by atoms with Crippen molar-refractivity contribution < 1.29 is 41.8 Å². The maximum atomic E-state index is 15.8. The zero-order valence-electron chi connectivity index (χ0n) is 33.7. The number of likely N-dealkylation sites (tertiary alicyclic amines) is 2. The van der Waals surface area contributed by atoms with Crippen LogP contribution in [0.1, 0.15) is 77.1 Å². The molecule has 2 aliphatic heterocycles. The number of methoxy groups -OCH3 is 2. The van der Waals surface area contributed by atoms with E-state index in [2.05, 4.69) is 30.6 Å². The second kappa shape index (κ2) is 16.9. The zero-order valence-corrected chi connectivity index (χ0v) is 33.7. The van der Waals surface area contributed by atoms with Gasteiger partial charge in [-0.15, -0.1) is 0 Å². The van der Waals surface area contributed by atoms with E-state index >= 15 is 8.78 Å². The number of amides is 4. The summed E-state index contributed by atoms with van der Waals surface area (Å²) >= 11 is 0. The lowest BCUT2D eigenvalue weighted by Crippen LogP contribution is -2.51. The molecule has 5 heterocycles. The summed E-state index contributed by atoms with van der Waals surface area (Å²) in [6, 6.07) is 7.06. The van der Waals surface area contributed by atoms with Crippen LogP contribution in [0.25, 0.3) is 44.8 Å². The summed E-state index contributed by atoms with van der Waals surface area (Å²) < 4.78 is 47.1. The largest absolute Gasteiger partial charge is 0.456 e. The molecule has 4 amide bonds. The Balaban J connectivity index is 1.08. The third-order valence-electron chi connectivity index (χ3n) is 11.1. The lowest BCUT2D eigenvalue weighted by atomic mass is 10.0. The number of aromatic nitrogens is 4. The van der Waals surface area contributed by atoms with Gasteiger partial charge >= 0.3 is 12.2 Å². The fourth-order valence-corrected chi connectivity index (χ4v) is 7.99. The van der Waals surface area contributed by atoms with Crippen molar-refractivity contribution in [3.63, 3.8) is 0 Å². The molecule has 7 rings (SSSR count). The minimum absolute atomic E-state index is 0.00932. The van der Waals surface area contributed by atoms with Crippen molar-refractivity contribution in [1.29, 1.82) is 0 Å². The number of furan rings is 1. The topological polar surface area (TPSA) is 188 Å². The summed E-state index contributed by atoms with van der Waals surface area (Å²) in [6.45, 7) is 8.35. The first-order chi connectivity index (χ1) is 28.3. The van der Waals surface area contributed by atoms with Crippen LogP contribution in [-0.2, 0) is 19.1 Å². The second-order valence-electron chi connectivity index (χ2n) is 15.6. The molecular formula is C42H48F2N8O7. The second-order valence-corrected chi connectivity index (χ2v) is 15.6. The standard InChI is InChI=1S/C42H48F2N8O7/c1-21(2)35(49-41(55)57-5)39(53)51-13-7-9-30(51)37-45-19-28(47-37)23-11-12-32-25(15-23)18-33(59-32)34-26(43)16-24(17-27(34)44)29-20-46-38(48-29)31-10-8-14-52(31)40(54)36(22(3)4)50-42(56)58-6/h11-12,15-22,30-31,35-36H,7-10,13-14H2,1-6H3,(H,45,47)(H,46,48)(H,49,55)(H,50,56)/t30-,31-,35-,36-/m0/s1. The number of carbonyl (C=O) groups is 4. The number of hydrogen-bond acceptors (Lipinski definition) is 9. The number of alkyl carbamates (subject to hydrolysis) is 2. The molecule has 5 aromatic rings. The van der Waals surface area contributed by atoms with Crippen molar-refractivity contribution in [1.82, 2.24) is 40.4 Å². The Bertz CT molecular complexity index is 2350. The van der Waals surface area contributed by atoms with Crippen LogP contribution in [0.15, 0.2) is 53.2 Å². The molecule has 0 spiro atoms. The van der Waals surface area contributed by atoms with Gasteiger partial charge in [0.1, 0.15) is 46.7 Å². The number of nitrogens with zero attached hydrogens (tertiary/aromatic N) is 4. The average molecular weight is 815 g/mol. The molecule has 2 fully saturated rings. The van der Waals surface area contributed by atoms with Crippen LogP contribution >= 0.6 is 0 Å². The molecule has 2 aliphatic rings. The summed E-state index contributed by atoms with van der Waals surface area (Å²) in [5.74, 6) is -1.43. The highest BCUT2D eigenvalue weighted by molar-refractivity contribution is 5.88. The van der Waals surface area contributed by atoms with Crippen LogP contribution in [-0.4, -0.2) is 93.1 Å². The molecular weight excluding hydrogens is 767 g/mol. The van der Waals surface area contributed by atoms with Crippen molar-refractivity contribution in [2.24, 2.45) is 11.8 Å². The normalized spacial score (nSPS) is 17.8. The highest BCUT2D eigenvalue weighted by atomic mass is 19.1. The Morgan fingerprint density at radius 1 is 0.746 bits per heavy atom. The number of ether oxygens (including phenoxy) is 2. The predicted octanol–water partition coefficient (Wildman–Crippen LogP) is 7.25. The van der Waals surface area contributed by atoms with Crippen LogP contribution in [0.2, 0.25) is 0 Å². The van der Waals surface area contributed by atoms with Crippen molar-refractivity contribution in [3.05, 3.63) is 72.1 Å². The number of H-pyrrole nitrogens is 2. The maximum Gasteiger partial charge on any atom is 0.407 e. The summed E-state index contributed by atoms with van der Waals surface area (Å²) in [4.78, 5) is 70.0. The highest BCUT2D eigenvalue weighted by Crippen LogP contribution is 2.38. The minimum Gasteiger partial charge on any atom is -0.456 e. The van der Waals surface area contributed by atoms with E-state index in [0.29, 0.717) is 66.4 Å². The molecule has 312 valence electrons. The molecule has 2 saturated heterocycles. The molecule has 0 radical (unpaired) electrons. The van der Waals surface area contributed by atoms with Crippen molar-refractivity contribution in [2.45, 2.75) is 77.5 Å². The molecule has 17 heteroatoms. The van der Waals surface area contributed by atoms with Gasteiger partial charge in [0.05, 0.1) is 55.6 Å². The van der Waals surface area contributed by atoms with Crippen molar-refractivity contribution in [2.75, 3.05) is 27.3 Å². The van der Waals surface area contributed by atoms with E-state index in [9.17, 15) is 19.2 Å². The van der Waals surface area contributed by atoms with Gasteiger partial charge < -0.3 is 44.3 Å². The van der Waals surface area contributed by atoms with Gasteiger partial charge in [-0.2, -0.15) is 0 Å². The zero-order chi connectivity index (χ0) is 42.1. The smallest absolute Gasteiger partial charge is 0.407 e. The summed E-state index contributed by atoms with van der Waals surface area (Å²) in [5, 5.41) is 5.88. The molecule has 3 aromatic heterocycles. The van der Waals surface area contributed by atoms with Crippen LogP contribution in [0.4, 0.5) is 18.4 Å². The van der Waals surface area contributed by atoms with Gasteiger partial charge in [-0.3, -0.25) is 9.59 Å². The van der Waals surface area contributed by atoms with Gasteiger partial charge in [0.2, 0.25) is 11.8 Å². The van der Waals surface area contributed by atoms with Crippen LogP contribution in [0, 0.1) is 23.5 Å². The molecule has 0 unspecified atom stereocenters. The Hall–Kier alpha value is -6.26. The van der Waals surface area contributed by atoms with E-state index in [1.165, 1.54) is 32.5 Å². The summed E-state index contributed by atoms with van der Waals surface area (Å²) in [6.07, 6.45) is 4.59. The van der Waals surface area contributed by atoms with Gasteiger partial charge in [0, 0.05) is 29.6 Å². The number of halogens is 2. The minimum atomic E-state index is -0.836. The molecule has 4 N–H and O–H groups in total. The number of imidazole rings is 2. The van der Waals surface area contributed by atoms with E-state index in [-0.39, 0.29) is 46.6 Å². The van der Waals surface area contributed by atoms with Gasteiger partial charge in [0.25, 0.3) is 0 Å². The molecule has 0 aliphatic carbocycles. The molecule has 59 heavy (non-hydrogen) atoms. The first-order valence-corrected chi connectivity index (χ1v) is 19.7. The summed E-state index contributed by atoms with van der Waals surface area (Å²) in [7, 11) is 2.49. The Kier molecular flexibility index (Phi) is 11.7. The Morgan fingerprint density at radius 3 is 1.71 bits per heavy atom. The number of benzene rings is 2. The SMILES string of the molecule is COC(=O)N[C@H](C(=O)N1CCC[C@H]1c1ncc(-c2cc(F)c(-c3cc4cc(-c5cnc([C@@H]6CCCN6C(=O)[C@@H](NC(=O)OC)C(C)C)[nH]5)ccc4o3)c(F)c2)[nH]1)C(C)C. The van der Waals surface area contributed by atoms with E-state index in [0.717, 1.165) is 12.0 Å². The predicted molar refractivity (Wildman–Crippen MR) is 212 cm³/mol. The van der Waals surface area contributed by atoms with E-state index < -0.39 is 41.9 Å². The van der Waals surface area contributed by atoms with Gasteiger partial charge in [-0.1, -0.05) is 27.7 Å². The molecule has 0 saturated carbocycles. The molecule has 0 bridgehead atoms. The fourth-order valence-electron chi connectivity index (χ4n) is 7.99. The number of aromatic amines is 2. The molecule has 15 nitrogen and oxygen atoms in total. The Labute approximate surface area is 339 Å². The summed E-state index contributed by atoms with van der Waals surface area (Å²) in [5.41, 5.74) is 2.12. The maximum absolute atomic E-state index is 15.8. The first kappa shape index (κ1) is 40.9. The number of hydrogen-bond donors (Lipinski definition) is 4. The molecule has 4 atom stereocenters. The lowest BCUT2D eigenvalue weighted by Gasteiger charge is -2.30. The lowest BCUT2D eigenvalue weighted by molar-refractivity contribution is -0.136. The van der Waals surface area contributed by atoms with E-state index in [1.54, 1.807) is 28.1 Å². The van der Waals surface area contributed by atoms with Crippen molar-refractivity contribution >= 4 is 35.0 Å². The third-order valence-corrected chi connectivity index (χ3v) is 11.1. The van der Waals surface area contributed by atoms with E-state index in [4.69, 9.17) is 13.9 Å². The highest BCUT2D eigenvalue weighted by Gasteiger charge is 2.39.